The highest BCUT2D eigenvalue weighted by molar-refractivity contribution is 7.91. The zero-order valence-corrected chi connectivity index (χ0v) is 9.00. The van der Waals surface area contributed by atoms with Crippen molar-refractivity contribution in [1.29, 1.82) is 0 Å². The van der Waals surface area contributed by atoms with E-state index in [1.165, 1.54) is 0 Å². The molecule has 1 rings (SSSR count). The second kappa shape index (κ2) is 4.96. The fraction of sp³-hybridized carbons (Fsp3) is 0.273. The number of allylic oxidation sites excluding steroid dienone is 2. The van der Waals surface area contributed by atoms with Crippen LogP contribution in [0, 0.1) is 0 Å². The van der Waals surface area contributed by atoms with Gasteiger partial charge in [-0.3, -0.25) is 0 Å². The highest BCUT2D eigenvalue weighted by Crippen LogP contribution is 2.10. The van der Waals surface area contributed by atoms with Crippen LogP contribution in [0.25, 0.3) is 0 Å². The summed E-state index contributed by atoms with van der Waals surface area (Å²) in [6, 6.07) is 8.55. The maximum absolute atomic E-state index is 11.7. The van der Waals surface area contributed by atoms with Crippen molar-refractivity contribution in [2.75, 3.05) is 5.75 Å². The third-order valence-corrected chi connectivity index (χ3v) is 3.65. The smallest absolute Gasteiger partial charge is 0.178 e. The molecule has 0 spiro atoms. The first kappa shape index (κ1) is 11.0. The predicted octanol–water partition coefficient (Wildman–Crippen LogP) is 2.43. The van der Waals surface area contributed by atoms with Crippen molar-refractivity contribution in [1.82, 2.24) is 0 Å². The fourth-order valence-electron chi connectivity index (χ4n) is 1.14. The Morgan fingerprint density at radius 2 is 1.86 bits per heavy atom. The van der Waals surface area contributed by atoms with Crippen LogP contribution in [-0.4, -0.2) is 14.2 Å². The van der Waals surface area contributed by atoms with E-state index in [0.717, 1.165) is 0 Å². The van der Waals surface area contributed by atoms with Crippen molar-refractivity contribution in [2.24, 2.45) is 0 Å². The van der Waals surface area contributed by atoms with Gasteiger partial charge in [0, 0.05) is 0 Å². The van der Waals surface area contributed by atoms with Crippen LogP contribution in [-0.2, 0) is 9.84 Å². The molecule has 0 fully saturated rings. The summed E-state index contributed by atoms with van der Waals surface area (Å²) >= 11 is 0. The lowest BCUT2D eigenvalue weighted by Crippen LogP contribution is -2.05. The van der Waals surface area contributed by atoms with Gasteiger partial charge in [0.05, 0.1) is 10.6 Å². The largest absolute Gasteiger partial charge is 0.224 e. The highest BCUT2D eigenvalue weighted by Gasteiger charge is 2.11. The predicted molar refractivity (Wildman–Crippen MR) is 57.9 cm³/mol. The Kier molecular flexibility index (Phi) is 3.89. The Morgan fingerprint density at radius 3 is 2.43 bits per heavy atom. The molecule has 0 saturated heterocycles. The van der Waals surface area contributed by atoms with Crippen molar-refractivity contribution in [3.63, 3.8) is 0 Å². The van der Waals surface area contributed by atoms with E-state index in [1.54, 1.807) is 24.3 Å². The standard InChI is InChI=1S/C11H14O2S/c1-2-3-7-10-14(12,13)11-8-5-4-6-9-11/h2-6,8-9H,7,10H2,1H3/b3-2+. The molecular formula is C11H14O2S. The van der Waals surface area contributed by atoms with Crippen LogP contribution in [0.15, 0.2) is 47.4 Å². The summed E-state index contributed by atoms with van der Waals surface area (Å²) in [5.74, 6) is 0.182. The summed E-state index contributed by atoms with van der Waals surface area (Å²) in [6.07, 6.45) is 4.30. The van der Waals surface area contributed by atoms with Gasteiger partial charge in [-0.15, -0.1) is 0 Å². The Balaban J connectivity index is 2.77. The van der Waals surface area contributed by atoms with Gasteiger partial charge in [0.15, 0.2) is 9.84 Å². The second-order valence-electron chi connectivity index (χ2n) is 2.99. The van der Waals surface area contributed by atoms with Gasteiger partial charge in [0.2, 0.25) is 0 Å². The minimum Gasteiger partial charge on any atom is -0.224 e. The third-order valence-electron chi connectivity index (χ3n) is 1.89. The molecule has 1 aromatic rings. The van der Waals surface area contributed by atoms with Gasteiger partial charge in [-0.2, -0.15) is 0 Å². The van der Waals surface area contributed by atoms with E-state index in [-0.39, 0.29) is 5.75 Å². The quantitative estimate of drug-likeness (QED) is 0.715. The highest BCUT2D eigenvalue weighted by atomic mass is 32.2. The van der Waals surface area contributed by atoms with E-state index >= 15 is 0 Å². The summed E-state index contributed by atoms with van der Waals surface area (Å²) in [7, 11) is -3.08. The SMILES string of the molecule is C/C=C/CCS(=O)(=O)c1ccccc1. The van der Waals surface area contributed by atoms with Gasteiger partial charge in [-0.1, -0.05) is 30.4 Å². The van der Waals surface area contributed by atoms with Gasteiger partial charge < -0.3 is 0 Å². The maximum Gasteiger partial charge on any atom is 0.178 e. The number of hydrogen-bond acceptors (Lipinski definition) is 2. The molecular weight excluding hydrogens is 196 g/mol. The van der Waals surface area contributed by atoms with E-state index in [1.807, 2.05) is 25.1 Å². The van der Waals surface area contributed by atoms with Crippen LogP contribution in [0.4, 0.5) is 0 Å². The number of hydrogen-bond donors (Lipinski definition) is 0. The molecule has 2 nitrogen and oxygen atoms in total. The number of sulfone groups is 1. The molecule has 0 atom stereocenters. The molecule has 0 radical (unpaired) electrons. The molecule has 0 aliphatic rings. The van der Waals surface area contributed by atoms with E-state index in [4.69, 9.17) is 0 Å². The first-order valence-corrected chi connectivity index (χ1v) is 6.21. The van der Waals surface area contributed by atoms with Crippen molar-refractivity contribution >= 4 is 9.84 Å². The lowest BCUT2D eigenvalue weighted by atomic mass is 10.4. The zero-order valence-electron chi connectivity index (χ0n) is 8.18. The lowest BCUT2D eigenvalue weighted by molar-refractivity contribution is 0.595. The van der Waals surface area contributed by atoms with Crippen LogP contribution in [0.5, 0.6) is 0 Å². The molecule has 0 heterocycles. The Labute approximate surface area is 85.2 Å². The molecule has 1 aromatic carbocycles. The minimum atomic E-state index is -3.08. The van der Waals surface area contributed by atoms with Crippen LogP contribution in [0.1, 0.15) is 13.3 Å². The lowest BCUT2D eigenvalue weighted by Gasteiger charge is -2.01. The molecule has 3 heteroatoms. The normalized spacial score (nSPS) is 12.1. The van der Waals surface area contributed by atoms with Crippen molar-refractivity contribution in [2.45, 2.75) is 18.2 Å². The number of benzene rings is 1. The van der Waals surface area contributed by atoms with Crippen molar-refractivity contribution < 1.29 is 8.42 Å². The maximum atomic E-state index is 11.7. The first-order chi connectivity index (χ1) is 6.67. The molecule has 0 saturated carbocycles. The summed E-state index contributed by atoms with van der Waals surface area (Å²) in [5, 5.41) is 0. The minimum absolute atomic E-state index is 0.182. The van der Waals surface area contributed by atoms with Crippen LogP contribution in [0.3, 0.4) is 0 Å². The van der Waals surface area contributed by atoms with E-state index in [9.17, 15) is 8.42 Å². The van der Waals surface area contributed by atoms with Gasteiger partial charge in [-0.25, -0.2) is 8.42 Å². The monoisotopic (exact) mass is 210 g/mol. The second-order valence-corrected chi connectivity index (χ2v) is 5.10. The van der Waals surface area contributed by atoms with Crippen molar-refractivity contribution in [3.05, 3.63) is 42.5 Å². The summed E-state index contributed by atoms with van der Waals surface area (Å²) in [6.45, 7) is 1.88. The molecule has 0 aromatic heterocycles. The van der Waals surface area contributed by atoms with E-state index < -0.39 is 9.84 Å². The average molecular weight is 210 g/mol. The topological polar surface area (TPSA) is 34.1 Å². The van der Waals surface area contributed by atoms with Gasteiger partial charge in [0.25, 0.3) is 0 Å². The van der Waals surface area contributed by atoms with E-state index in [0.29, 0.717) is 11.3 Å². The van der Waals surface area contributed by atoms with Gasteiger partial charge in [-0.05, 0) is 25.5 Å². The Bertz CT molecular complexity index is 391. The first-order valence-electron chi connectivity index (χ1n) is 4.56. The van der Waals surface area contributed by atoms with Crippen LogP contribution < -0.4 is 0 Å². The zero-order chi connectivity index (χ0) is 10.4. The molecule has 0 bridgehead atoms. The number of rotatable bonds is 4. The molecule has 0 aliphatic carbocycles. The van der Waals surface area contributed by atoms with E-state index in [2.05, 4.69) is 0 Å². The molecule has 14 heavy (non-hydrogen) atoms. The molecule has 0 aliphatic heterocycles. The van der Waals surface area contributed by atoms with Crippen LogP contribution in [0.2, 0.25) is 0 Å². The Hall–Kier alpha value is -1.09. The average Bonchev–Trinajstić information content (AvgIpc) is 2.19. The molecule has 0 unspecified atom stereocenters. The van der Waals surface area contributed by atoms with Crippen molar-refractivity contribution in [3.8, 4) is 0 Å². The molecule has 76 valence electrons. The molecule has 0 N–H and O–H groups in total. The Morgan fingerprint density at radius 1 is 1.21 bits per heavy atom. The summed E-state index contributed by atoms with van der Waals surface area (Å²) < 4.78 is 23.3. The fourth-order valence-corrected chi connectivity index (χ4v) is 2.39. The summed E-state index contributed by atoms with van der Waals surface area (Å²) in [5.41, 5.74) is 0. The third kappa shape index (κ3) is 3.00. The van der Waals surface area contributed by atoms with Gasteiger partial charge >= 0.3 is 0 Å². The van der Waals surface area contributed by atoms with Gasteiger partial charge in [0.1, 0.15) is 0 Å². The molecule has 0 amide bonds. The summed E-state index contributed by atoms with van der Waals surface area (Å²) in [4.78, 5) is 0.407. The van der Waals surface area contributed by atoms with Crippen LogP contribution >= 0.6 is 0 Å².